The van der Waals surface area contributed by atoms with Gasteiger partial charge in [0.1, 0.15) is 0 Å². The fourth-order valence-electron chi connectivity index (χ4n) is 1.65. The van der Waals surface area contributed by atoms with Gasteiger partial charge in [-0.1, -0.05) is 19.6 Å². The van der Waals surface area contributed by atoms with Crippen LogP contribution < -0.4 is 10.2 Å². The fraction of sp³-hybridized carbons (Fsp3) is 0.308. The van der Waals surface area contributed by atoms with Gasteiger partial charge in [-0.15, -0.1) is 0 Å². The van der Waals surface area contributed by atoms with Gasteiger partial charge in [-0.05, 0) is 23.6 Å². The van der Waals surface area contributed by atoms with Crippen molar-refractivity contribution in [1.82, 2.24) is 5.43 Å². The SMILES string of the molecule is C=NNC(=C)Cc1cc(CC)c(O)c(OC)c1. The van der Waals surface area contributed by atoms with Crippen LogP contribution in [0, 0.1) is 0 Å². The predicted molar refractivity (Wildman–Crippen MR) is 69.6 cm³/mol. The van der Waals surface area contributed by atoms with Gasteiger partial charge in [0.15, 0.2) is 11.5 Å². The van der Waals surface area contributed by atoms with E-state index < -0.39 is 0 Å². The molecule has 0 amide bonds. The number of nitrogens with zero attached hydrogens (tertiary/aromatic N) is 1. The maximum absolute atomic E-state index is 9.86. The van der Waals surface area contributed by atoms with E-state index in [0.29, 0.717) is 12.2 Å². The number of allylic oxidation sites excluding steroid dienone is 1. The second-order valence-electron chi connectivity index (χ2n) is 3.71. The third-order valence-corrected chi connectivity index (χ3v) is 2.47. The van der Waals surface area contributed by atoms with Crippen LogP contribution >= 0.6 is 0 Å². The second-order valence-corrected chi connectivity index (χ2v) is 3.71. The molecule has 0 aliphatic rings. The van der Waals surface area contributed by atoms with Gasteiger partial charge >= 0.3 is 0 Å². The summed E-state index contributed by atoms with van der Waals surface area (Å²) in [5.41, 5.74) is 5.32. The van der Waals surface area contributed by atoms with E-state index in [1.165, 1.54) is 7.11 Å². The first-order chi connectivity index (χ1) is 8.12. The summed E-state index contributed by atoms with van der Waals surface area (Å²) in [6, 6.07) is 3.73. The predicted octanol–water partition coefficient (Wildman–Crippen LogP) is 2.22. The Bertz CT molecular complexity index is 402. The van der Waals surface area contributed by atoms with Crippen LogP contribution in [0.4, 0.5) is 0 Å². The highest BCUT2D eigenvalue weighted by atomic mass is 16.5. The number of hydrogen-bond donors (Lipinski definition) is 2. The average molecular weight is 234 g/mol. The lowest BCUT2D eigenvalue weighted by Crippen LogP contribution is -2.06. The summed E-state index contributed by atoms with van der Waals surface area (Å²) in [4.78, 5) is 0. The highest BCUT2D eigenvalue weighted by Gasteiger charge is 2.09. The Kier molecular flexibility index (Phi) is 4.57. The number of hydrogen-bond acceptors (Lipinski definition) is 4. The third kappa shape index (κ3) is 3.24. The number of rotatable bonds is 6. The van der Waals surface area contributed by atoms with Gasteiger partial charge < -0.3 is 9.84 Å². The van der Waals surface area contributed by atoms with Crippen LogP contribution in [0.3, 0.4) is 0 Å². The maximum atomic E-state index is 9.86. The molecule has 0 fully saturated rings. The standard InChI is InChI=1S/C13H18N2O2/c1-5-11-7-10(6-9(2)15-14-3)8-12(17-4)13(11)16/h7-8,15-16H,2-3,5-6H2,1,4H3. The van der Waals surface area contributed by atoms with Crippen molar-refractivity contribution in [3.8, 4) is 11.5 Å². The molecule has 1 aromatic rings. The number of ether oxygens (including phenoxy) is 1. The van der Waals surface area contributed by atoms with Crippen molar-refractivity contribution in [2.45, 2.75) is 19.8 Å². The number of methoxy groups -OCH3 is 1. The van der Waals surface area contributed by atoms with Crippen molar-refractivity contribution in [1.29, 1.82) is 0 Å². The molecule has 0 unspecified atom stereocenters. The largest absolute Gasteiger partial charge is 0.504 e. The van der Waals surface area contributed by atoms with Crippen molar-refractivity contribution in [2.75, 3.05) is 7.11 Å². The minimum absolute atomic E-state index is 0.208. The minimum atomic E-state index is 0.208. The first-order valence-electron chi connectivity index (χ1n) is 5.40. The van der Waals surface area contributed by atoms with E-state index in [1.807, 2.05) is 13.0 Å². The summed E-state index contributed by atoms with van der Waals surface area (Å²) in [6.07, 6.45) is 1.36. The molecular formula is C13H18N2O2. The van der Waals surface area contributed by atoms with Gasteiger partial charge in [-0.2, -0.15) is 5.10 Å². The molecule has 0 bridgehead atoms. The van der Waals surface area contributed by atoms with Gasteiger partial charge in [-0.25, -0.2) is 0 Å². The third-order valence-electron chi connectivity index (χ3n) is 2.47. The van der Waals surface area contributed by atoms with E-state index in [4.69, 9.17) is 4.74 Å². The van der Waals surface area contributed by atoms with E-state index in [9.17, 15) is 5.11 Å². The highest BCUT2D eigenvalue weighted by molar-refractivity contribution is 5.49. The molecule has 17 heavy (non-hydrogen) atoms. The topological polar surface area (TPSA) is 53.9 Å². The van der Waals surface area contributed by atoms with E-state index >= 15 is 0 Å². The molecule has 0 aromatic heterocycles. The van der Waals surface area contributed by atoms with Crippen molar-refractivity contribution < 1.29 is 9.84 Å². The van der Waals surface area contributed by atoms with Crippen molar-refractivity contribution >= 4 is 6.72 Å². The smallest absolute Gasteiger partial charge is 0.161 e. The van der Waals surface area contributed by atoms with Gasteiger partial charge in [0.05, 0.1) is 7.11 Å². The molecule has 0 heterocycles. The van der Waals surface area contributed by atoms with Gasteiger partial charge in [0.2, 0.25) is 0 Å². The molecule has 0 aliphatic heterocycles. The van der Waals surface area contributed by atoms with Crippen LogP contribution in [-0.4, -0.2) is 18.9 Å². The van der Waals surface area contributed by atoms with Crippen LogP contribution in [0.15, 0.2) is 29.5 Å². The Labute approximate surface area is 102 Å². The molecule has 0 radical (unpaired) electrons. The Balaban J connectivity index is 3.00. The highest BCUT2D eigenvalue weighted by Crippen LogP contribution is 2.32. The van der Waals surface area contributed by atoms with E-state index in [0.717, 1.165) is 23.2 Å². The van der Waals surface area contributed by atoms with E-state index in [1.54, 1.807) is 6.07 Å². The summed E-state index contributed by atoms with van der Waals surface area (Å²) in [5.74, 6) is 0.692. The maximum Gasteiger partial charge on any atom is 0.161 e. The molecule has 1 aromatic carbocycles. The van der Waals surface area contributed by atoms with Crippen LogP contribution in [-0.2, 0) is 12.8 Å². The molecule has 0 atom stereocenters. The number of phenolic OH excluding ortho intramolecular Hbond substituents is 1. The summed E-state index contributed by atoms with van der Waals surface area (Å²) >= 11 is 0. The average Bonchev–Trinajstić information content (AvgIpc) is 2.31. The lowest BCUT2D eigenvalue weighted by molar-refractivity contribution is 0.370. The summed E-state index contributed by atoms with van der Waals surface area (Å²) < 4.78 is 5.13. The molecule has 0 aliphatic carbocycles. The summed E-state index contributed by atoms with van der Waals surface area (Å²) in [5, 5.41) is 13.4. The van der Waals surface area contributed by atoms with E-state index in [2.05, 4.69) is 23.8 Å². The number of nitrogens with one attached hydrogen (secondary N) is 1. The zero-order chi connectivity index (χ0) is 12.8. The Morgan fingerprint density at radius 3 is 2.76 bits per heavy atom. The number of aryl methyl sites for hydroxylation is 1. The summed E-state index contributed by atoms with van der Waals surface area (Å²) in [7, 11) is 1.54. The normalized spacial score (nSPS) is 9.76. The number of phenols is 1. The molecule has 2 N–H and O–H groups in total. The van der Waals surface area contributed by atoms with E-state index in [-0.39, 0.29) is 5.75 Å². The van der Waals surface area contributed by atoms with Crippen LogP contribution in [0.2, 0.25) is 0 Å². The Hall–Kier alpha value is -1.97. The first-order valence-corrected chi connectivity index (χ1v) is 5.40. The van der Waals surface area contributed by atoms with Crippen LogP contribution in [0.25, 0.3) is 0 Å². The van der Waals surface area contributed by atoms with Gasteiger partial charge in [0, 0.05) is 18.8 Å². The second kappa shape index (κ2) is 5.94. The summed E-state index contributed by atoms with van der Waals surface area (Å²) in [6.45, 7) is 9.14. The van der Waals surface area contributed by atoms with Crippen LogP contribution in [0.5, 0.6) is 11.5 Å². The lowest BCUT2D eigenvalue weighted by atomic mass is 10.0. The number of benzene rings is 1. The lowest BCUT2D eigenvalue weighted by Gasteiger charge is -2.12. The van der Waals surface area contributed by atoms with Gasteiger partial charge in [-0.3, -0.25) is 5.43 Å². The zero-order valence-electron chi connectivity index (χ0n) is 10.3. The quantitative estimate of drug-likeness (QED) is 0.586. The van der Waals surface area contributed by atoms with Crippen LogP contribution in [0.1, 0.15) is 18.1 Å². The molecule has 92 valence electrons. The first kappa shape index (κ1) is 13.1. The minimum Gasteiger partial charge on any atom is -0.504 e. The Morgan fingerprint density at radius 2 is 2.24 bits per heavy atom. The zero-order valence-corrected chi connectivity index (χ0v) is 10.3. The Morgan fingerprint density at radius 1 is 1.53 bits per heavy atom. The van der Waals surface area contributed by atoms with Crippen molar-refractivity contribution in [3.63, 3.8) is 0 Å². The molecule has 0 saturated heterocycles. The van der Waals surface area contributed by atoms with Crippen molar-refractivity contribution in [3.05, 3.63) is 35.5 Å². The molecule has 0 saturated carbocycles. The molecule has 0 spiro atoms. The monoisotopic (exact) mass is 234 g/mol. The molecule has 4 heteroatoms. The number of aromatic hydroxyl groups is 1. The number of hydrazone groups is 1. The molecule has 1 rings (SSSR count). The van der Waals surface area contributed by atoms with Gasteiger partial charge in [0.25, 0.3) is 0 Å². The molecular weight excluding hydrogens is 216 g/mol. The fourth-order valence-corrected chi connectivity index (χ4v) is 1.65. The molecule has 4 nitrogen and oxygen atoms in total. The van der Waals surface area contributed by atoms with Crippen molar-refractivity contribution in [2.24, 2.45) is 5.10 Å².